The first-order valence-electron chi connectivity index (χ1n) is 4.36. The van der Waals surface area contributed by atoms with Crippen molar-refractivity contribution in [1.82, 2.24) is 14.8 Å². The van der Waals surface area contributed by atoms with Crippen molar-refractivity contribution in [3.8, 4) is 11.4 Å². The minimum absolute atomic E-state index is 0.214. The lowest BCUT2D eigenvalue weighted by Gasteiger charge is -1.97. The predicted octanol–water partition coefficient (Wildman–Crippen LogP) is 1.18. The van der Waals surface area contributed by atoms with E-state index in [-0.39, 0.29) is 5.56 Å². The molecular weight excluding hydrogens is 194 g/mol. The fourth-order valence-corrected chi connectivity index (χ4v) is 1.26. The molecular formula is C10H9N3O2. The van der Waals surface area contributed by atoms with E-state index in [1.807, 2.05) is 0 Å². The largest absolute Gasteiger partial charge is 0.478 e. The van der Waals surface area contributed by atoms with E-state index < -0.39 is 5.97 Å². The second-order valence-corrected chi connectivity index (χ2v) is 3.11. The summed E-state index contributed by atoms with van der Waals surface area (Å²) in [5.74, 6) is -0.963. The standard InChI is InChI=1S/C10H9N3O2/c1-13-5-3-8(12-13)9-6-7(10(14)15)2-4-11-9/h2-6H,1H3,(H,14,15). The van der Waals surface area contributed by atoms with Crippen LogP contribution in [0.5, 0.6) is 0 Å². The molecule has 0 aliphatic heterocycles. The van der Waals surface area contributed by atoms with E-state index in [9.17, 15) is 4.79 Å². The van der Waals surface area contributed by atoms with Gasteiger partial charge in [-0.1, -0.05) is 0 Å². The Morgan fingerprint density at radius 1 is 1.40 bits per heavy atom. The van der Waals surface area contributed by atoms with Gasteiger partial charge in [0.2, 0.25) is 0 Å². The van der Waals surface area contributed by atoms with Crippen LogP contribution in [0.2, 0.25) is 0 Å². The number of aromatic nitrogens is 3. The van der Waals surface area contributed by atoms with Crippen LogP contribution in [0, 0.1) is 0 Å². The average molecular weight is 203 g/mol. The molecule has 0 aromatic carbocycles. The second-order valence-electron chi connectivity index (χ2n) is 3.11. The number of carboxylic acid groups (broad SMARTS) is 1. The Labute approximate surface area is 86.0 Å². The fraction of sp³-hybridized carbons (Fsp3) is 0.100. The average Bonchev–Trinajstić information content (AvgIpc) is 2.65. The zero-order valence-corrected chi connectivity index (χ0v) is 8.08. The van der Waals surface area contributed by atoms with Crippen LogP contribution < -0.4 is 0 Å². The molecule has 0 saturated carbocycles. The number of carbonyl (C=O) groups is 1. The summed E-state index contributed by atoms with van der Waals surface area (Å²) in [6.45, 7) is 0. The summed E-state index contributed by atoms with van der Waals surface area (Å²) < 4.78 is 1.64. The van der Waals surface area contributed by atoms with Crippen molar-refractivity contribution in [3.63, 3.8) is 0 Å². The molecule has 2 rings (SSSR count). The number of carboxylic acids is 1. The number of hydrogen-bond donors (Lipinski definition) is 1. The van der Waals surface area contributed by atoms with Gasteiger partial charge in [0.25, 0.3) is 0 Å². The highest BCUT2D eigenvalue weighted by molar-refractivity contribution is 5.88. The molecule has 76 valence electrons. The molecule has 0 amide bonds. The van der Waals surface area contributed by atoms with Gasteiger partial charge in [-0.3, -0.25) is 9.67 Å². The van der Waals surface area contributed by atoms with Crippen molar-refractivity contribution < 1.29 is 9.90 Å². The Morgan fingerprint density at radius 2 is 2.20 bits per heavy atom. The Kier molecular flexibility index (Phi) is 2.21. The molecule has 2 heterocycles. The van der Waals surface area contributed by atoms with E-state index >= 15 is 0 Å². The molecule has 0 saturated heterocycles. The predicted molar refractivity (Wildman–Crippen MR) is 53.4 cm³/mol. The molecule has 0 atom stereocenters. The highest BCUT2D eigenvalue weighted by Gasteiger charge is 2.07. The minimum Gasteiger partial charge on any atom is -0.478 e. The van der Waals surface area contributed by atoms with Crippen LogP contribution in [0.4, 0.5) is 0 Å². The van der Waals surface area contributed by atoms with Crippen molar-refractivity contribution in [2.24, 2.45) is 7.05 Å². The molecule has 1 N–H and O–H groups in total. The number of rotatable bonds is 2. The van der Waals surface area contributed by atoms with Crippen molar-refractivity contribution in [2.45, 2.75) is 0 Å². The Hall–Kier alpha value is -2.17. The summed E-state index contributed by atoms with van der Waals surface area (Å²) in [4.78, 5) is 14.8. The van der Waals surface area contributed by atoms with Gasteiger partial charge in [-0.25, -0.2) is 4.79 Å². The van der Waals surface area contributed by atoms with Crippen molar-refractivity contribution >= 4 is 5.97 Å². The second kappa shape index (κ2) is 3.53. The third kappa shape index (κ3) is 1.85. The summed E-state index contributed by atoms with van der Waals surface area (Å²) in [6.07, 6.45) is 3.25. The molecule has 0 fully saturated rings. The highest BCUT2D eigenvalue weighted by atomic mass is 16.4. The van der Waals surface area contributed by atoms with Gasteiger partial charge in [-0.2, -0.15) is 5.10 Å². The zero-order chi connectivity index (χ0) is 10.8. The van der Waals surface area contributed by atoms with E-state index in [1.54, 1.807) is 24.0 Å². The van der Waals surface area contributed by atoms with Crippen LogP contribution >= 0.6 is 0 Å². The van der Waals surface area contributed by atoms with E-state index in [1.165, 1.54) is 18.3 Å². The van der Waals surface area contributed by atoms with Crippen LogP contribution in [0.3, 0.4) is 0 Å². The number of aromatic carboxylic acids is 1. The number of nitrogens with zero attached hydrogens (tertiary/aromatic N) is 3. The monoisotopic (exact) mass is 203 g/mol. The van der Waals surface area contributed by atoms with E-state index in [0.29, 0.717) is 11.4 Å². The van der Waals surface area contributed by atoms with Gasteiger partial charge in [-0.05, 0) is 18.2 Å². The number of hydrogen-bond acceptors (Lipinski definition) is 3. The highest BCUT2D eigenvalue weighted by Crippen LogP contribution is 2.14. The molecule has 0 aliphatic rings. The van der Waals surface area contributed by atoms with Crippen LogP contribution in [0.25, 0.3) is 11.4 Å². The number of aryl methyl sites for hydroxylation is 1. The summed E-state index contributed by atoms with van der Waals surface area (Å²) in [7, 11) is 1.80. The van der Waals surface area contributed by atoms with E-state index in [2.05, 4.69) is 10.1 Å². The van der Waals surface area contributed by atoms with Gasteiger partial charge in [0.1, 0.15) is 5.69 Å². The summed E-state index contributed by atoms with van der Waals surface area (Å²) >= 11 is 0. The van der Waals surface area contributed by atoms with Crippen molar-refractivity contribution in [2.75, 3.05) is 0 Å². The molecule has 2 aromatic heterocycles. The third-order valence-electron chi connectivity index (χ3n) is 1.98. The van der Waals surface area contributed by atoms with Gasteiger partial charge >= 0.3 is 5.97 Å². The lowest BCUT2D eigenvalue weighted by molar-refractivity contribution is 0.0697. The van der Waals surface area contributed by atoms with Crippen LogP contribution in [-0.2, 0) is 7.05 Å². The molecule has 5 heteroatoms. The zero-order valence-electron chi connectivity index (χ0n) is 8.08. The fourth-order valence-electron chi connectivity index (χ4n) is 1.26. The van der Waals surface area contributed by atoms with Gasteiger partial charge in [0, 0.05) is 19.4 Å². The normalized spacial score (nSPS) is 10.2. The van der Waals surface area contributed by atoms with Crippen molar-refractivity contribution in [3.05, 3.63) is 36.2 Å². The third-order valence-corrected chi connectivity index (χ3v) is 1.98. The molecule has 2 aromatic rings. The number of pyridine rings is 1. The lowest BCUT2D eigenvalue weighted by Crippen LogP contribution is -1.97. The van der Waals surface area contributed by atoms with Gasteiger partial charge < -0.3 is 5.11 Å². The van der Waals surface area contributed by atoms with Crippen molar-refractivity contribution in [1.29, 1.82) is 0 Å². The maximum absolute atomic E-state index is 10.7. The first-order valence-corrected chi connectivity index (χ1v) is 4.36. The maximum atomic E-state index is 10.7. The molecule has 0 spiro atoms. The first-order chi connectivity index (χ1) is 7.16. The van der Waals surface area contributed by atoms with E-state index in [4.69, 9.17) is 5.11 Å². The summed E-state index contributed by atoms with van der Waals surface area (Å²) in [6, 6.07) is 4.74. The van der Waals surface area contributed by atoms with Crippen LogP contribution in [-0.4, -0.2) is 25.8 Å². The molecule has 5 nitrogen and oxygen atoms in total. The maximum Gasteiger partial charge on any atom is 0.335 e. The smallest absolute Gasteiger partial charge is 0.335 e. The van der Waals surface area contributed by atoms with Crippen LogP contribution in [0.15, 0.2) is 30.6 Å². The molecule has 0 bridgehead atoms. The Morgan fingerprint density at radius 3 is 2.80 bits per heavy atom. The SMILES string of the molecule is Cn1ccc(-c2cc(C(=O)O)ccn2)n1. The van der Waals surface area contributed by atoms with Gasteiger partial charge in [-0.15, -0.1) is 0 Å². The summed E-state index contributed by atoms with van der Waals surface area (Å²) in [5, 5.41) is 13.0. The van der Waals surface area contributed by atoms with Gasteiger partial charge in [0.05, 0.1) is 11.3 Å². The molecule has 0 radical (unpaired) electrons. The first kappa shape index (κ1) is 9.39. The molecule has 0 aliphatic carbocycles. The van der Waals surface area contributed by atoms with Gasteiger partial charge in [0.15, 0.2) is 0 Å². The summed E-state index contributed by atoms with van der Waals surface area (Å²) in [5.41, 5.74) is 1.45. The molecule has 15 heavy (non-hydrogen) atoms. The lowest BCUT2D eigenvalue weighted by atomic mass is 10.2. The molecule has 0 unspecified atom stereocenters. The minimum atomic E-state index is -0.963. The van der Waals surface area contributed by atoms with Crippen LogP contribution in [0.1, 0.15) is 10.4 Å². The van der Waals surface area contributed by atoms with E-state index in [0.717, 1.165) is 0 Å². The quantitative estimate of drug-likeness (QED) is 0.795. The topological polar surface area (TPSA) is 68.0 Å². The Bertz CT molecular complexity index is 505. The Balaban J connectivity index is 2.45.